The fourth-order valence-corrected chi connectivity index (χ4v) is 0.309. The van der Waals surface area contributed by atoms with Crippen molar-refractivity contribution in [2.75, 3.05) is 6.61 Å². The Morgan fingerprint density at radius 2 is 1.92 bits per heavy atom. The van der Waals surface area contributed by atoms with Crippen molar-refractivity contribution in [3.05, 3.63) is 12.7 Å². The van der Waals surface area contributed by atoms with Crippen LogP contribution in [0.3, 0.4) is 0 Å². The topological polar surface area (TPSA) is 26.3 Å². The summed E-state index contributed by atoms with van der Waals surface area (Å²) in [7, 11) is 0. The third-order valence-electron chi connectivity index (χ3n) is 1.05. The monoisotopic (exact) mass is 172 g/mol. The summed E-state index contributed by atoms with van der Waals surface area (Å²) in [4.78, 5) is 10.5. The summed E-state index contributed by atoms with van der Waals surface area (Å²) in [5, 5.41) is 0. The molecular formula is C10H20O2. The van der Waals surface area contributed by atoms with Crippen LogP contribution in [0.2, 0.25) is 0 Å². The number of rotatable bonds is 3. The minimum absolute atomic E-state index is 0.00921. The van der Waals surface area contributed by atoms with Crippen LogP contribution in [0.25, 0.3) is 0 Å². The number of hydrogen-bond donors (Lipinski definition) is 0. The minimum atomic E-state index is -0.118. The molecule has 0 saturated carbocycles. The molecule has 0 heterocycles. The molecule has 0 aromatic carbocycles. The molecule has 0 aromatic heterocycles. The summed E-state index contributed by atoms with van der Waals surface area (Å²) in [6, 6.07) is 0. The van der Waals surface area contributed by atoms with Gasteiger partial charge in [-0.3, -0.25) is 4.79 Å². The molecule has 0 fully saturated rings. The van der Waals surface area contributed by atoms with Gasteiger partial charge in [-0.25, -0.2) is 0 Å². The molecule has 0 radical (unpaired) electrons. The molecule has 0 saturated heterocycles. The van der Waals surface area contributed by atoms with Crippen LogP contribution in [-0.4, -0.2) is 12.6 Å². The average molecular weight is 172 g/mol. The van der Waals surface area contributed by atoms with Crippen LogP contribution in [0.4, 0.5) is 0 Å². The molecule has 2 nitrogen and oxygen atoms in total. The average Bonchev–Trinajstić information content (AvgIpc) is 2.05. The Bertz CT molecular complexity index is 117. The highest BCUT2D eigenvalue weighted by molar-refractivity contribution is 5.71. The zero-order chi connectivity index (χ0) is 9.98. The van der Waals surface area contributed by atoms with E-state index in [4.69, 9.17) is 0 Å². The van der Waals surface area contributed by atoms with E-state index in [9.17, 15) is 4.79 Å². The van der Waals surface area contributed by atoms with E-state index < -0.39 is 0 Å². The number of carbonyl (C=O) groups is 1. The molecule has 0 rings (SSSR count). The number of esters is 1. The summed E-state index contributed by atoms with van der Waals surface area (Å²) < 4.78 is 4.66. The largest absolute Gasteiger partial charge is 0.466 e. The maximum absolute atomic E-state index is 10.5. The highest BCUT2D eigenvalue weighted by Gasteiger charge is 2.04. The van der Waals surface area contributed by atoms with Gasteiger partial charge < -0.3 is 4.74 Å². The van der Waals surface area contributed by atoms with Gasteiger partial charge in [0, 0.05) is 0 Å². The van der Waals surface area contributed by atoms with Gasteiger partial charge in [-0.2, -0.15) is 0 Å². The summed E-state index contributed by atoms with van der Waals surface area (Å²) in [5.74, 6) is -0.109. The third-order valence-corrected chi connectivity index (χ3v) is 1.05. The maximum atomic E-state index is 10.5. The number of allylic oxidation sites excluding steroid dienone is 1. The van der Waals surface area contributed by atoms with Crippen molar-refractivity contribution in [1.29, 1.82) is 0 Å². The molecule has 0 spiro atoms. The van der Waals surface area contributed by atoms with Gasteiger partial charge in [-0.15, -0.1) is 6.58 Å². The molecule has 0 unspecified atom stereocenters. The van der Waals surface area contributed by atoms with Crippen LogP contribution in [0.5, 0.6) is 0 Å². The Morgan fingerprint density at radius 1 is 1.50 bits per heavy atom. The first-order chi connectivity index (χ1) is 5.59. The second kappa shape index (κ2) is 10.2. The molecule has 2 heteroatoms. The van der Waals surface area contributed by atoms with E-state index in [1.807, 2.05) is 19.9 Å². The summed E-state index contributed by atoms with van der Waals surface area (Å²) in [6.07, 6.45) is 2.96. The molecule has 72 valence electrons. The molecule has 12 heavy (non-hydrogen) atoms. The second-order valence-electron chi connectivity index (χ2n) is 2.60. The molecular weight excluding hydrogens is 152 g/mol. The third kappa shape index (κ3) is 11.9. The molecule has 0 aliphatic carbocycles. The van der Waals surface area contributed by atoms with Crippen molar-refractivity contribution >= 4 is 5.97 Å². The van der Waals surface area contributed by atoms with Crippen molar-refractivity contribution in [3.8, 4) is 0 Å². The lowest BCUT2D eigenvalue weighted by Gasteiger charge is -2.01. The van der Waals surface area contributed by atoms with Gasteiger partial charge in [0.2, 0.25) is 0 Å². The second-order valence-corrected chi connectivity index (χ2v) is 2.60. The van der Waals surface area contributed by atoms with Crippen LogP contribution in [-0.2, 0) is 9.53 Å². The predicted molar refractivity (Wildman–Crippen MR) is 52.0 cm³/mol. The van der Waals surface area contributed by atoms with Crippen molar-refractivity contribution in [1.82, 2.24) is 0 Å². The van der Waals surface area contributed by atoms with Gasteiger partial charge in [-0.1, -0.05) is 26.8 Å². The molecule has 0 atom stereocenters. The van der Waals surface area contributed by atoms with Crippen molar-refractivity contribution in [2.24, 2.45) is 5.92 Å². The zero-order valence-corrected chi connectivity index (χ0v) is 8.59. The predicted octanol–water partition coefficient (Wildman–Crippen LogP) is 2.79. The lowest BCUT2D eigenvalue weighted by Crippen LogP contribution is -2.10. The van der Waals surface area contributed by atoms with E-state index in [2.05, 4.69) is 18.2 Å². The van der Waals surface area contributed by atoms with Gasteiger partial charge in [0.1, 0.15) is 0 Å². The lowest BCUT2D eigenvalue weighted by atomic mass is 10.2. The Hall–Kier alpha value is -0.790. The smallest absolute Gasteiger partial charge is 0.308 e. The SMILES string of the molecule is C=CCC.CCOC(=O)C(C)C. The molecule has 0 aliphatic rings. The summed E-state index contributed by atoms with van der Waals surface area (Å²) in [5.41, 5.74) is 0. The van der Waals surface area contributed by atoms with Gasteiger partial charge in [0.25, 0.3) is 0 Å². The highest BCUT2D eigenvalue weighted by Crippen LogP contribution is 1.93. The fraction of sp³-hybridized carbons (Fsp3) is 0.700. The van der Waals surface area contributed by atoms with Crippen LogP contribution >= 0.6 is 0 Å². The first kappa shape index (κ1) is 13.8. The molecule has 0 N–H and O–H groups in total. The quantitative estimate of drug-likeness (QED) is 0.483. The van der Waals surface area contributed by atoms with Gasteiger partial charge in [0.05, 0.1) is 12.5 Å². The van der Waals surface area contributed by atoms with Gasteiger partial charge >= 0.3 is 5.97 Å². The molecule has 0 aromatic rings. The van der Waals surface area contributed by atoms with E-state index in [1.165, 1.54) is 0 Å². The Kier molecular flexibility index (Phi) is 11.7. The Morgan fingerprint density at radius 3 is 2.00 bits per heavy atom. The van der Waals surface area contributed by atoms with Crippen molar-refractivity contribution in [3.63, 3.8) is 0 Å². The van der Waals surface area contributed by atoms with Crippen LogP contribution in [0.1, 0.15) is 34.1 Å². The number of hydrogen-bond acceptors (Lipinski definition) is 2. The first-order valence-electron chi connectivity index (χ1n) is 4.37. The van der Waals surface area contributed by atoms with E-state index in [0.29, 0.717) is 6.61 Å². The van der Waals surface area contributed by atoms with Crippen LogP contribution < -0.4 is 0 Å². The number of ether oxygens (including phenoxy) is 1. The molecule has 0 bridgehead atoms. The first-order valence-corrected chi connectivity index (χ1v) is 4.37. The van der Waals surface area contributed by atoms with E-state index in [1.54, 1.807) is 6.92 Å². The van der Waals surface area contributed by atoms with Crippen molar-refractivity contribution in [2.45, 2.75) is 34.1 Å². The van der Waals surface area contributed by atoms with Gasteiger partial charge in [-0.05, 0) is 13.3 Å². The Balaban J connectivity index is 0. The normalized spacial score (nSPS) is 8.42. The number of carbonyl (C=O) groups excluding carboxylic acids is 1. The van der Waals surface area contributed by atoms with E-state index in [-0.39, 0.29) is 11.9 Å². The van der Waals surface area contributed by atoms with Crippen LogP contribution in [0, 0.1) is 5.92 Å². The zero-order valence-electron chi connectivity index (χ0n) is 8.59. The van der Waals surface area contributed by atoms with E-state index in [0.717, 1.165) is 6.42 Å². The van der Waals surface area contributed by atoms with Crippen LogP contribution in [0.15, 0.2) is 12.7 Å². The lowest BCUT2D eigenvalue weighted by molar-refractivity contribution is -0.146. The van der Waals surface area contributed by atoms with E-state index >= 15 is 0 Å². The van der Waals surface area contributed by atoms with Crippen molar-refractivity contribution < 1.29 is 9.53 Å². The fourth-order valence-electron chi connectivity index (χ4n) is 0.309. The summed E-state index contributed by atoms with van der Waals surface area (Å²) >= 11 is 0. The minimum Gasteiger partial charge on any atom is -0.466 e. The maximum Gasteiger partial charge on any atom is 0.308 e. The highest BCUT2D eigenvalue weighted by atomic mass is 16.5. The Labute approximate surface area is 75.6 Å². The molecule has 0 amide bonds. The molecule has 0 aliphatic heterocycles. The standard InChI is InChI=1S/C6H12O2.C4H8/c1-4-8-6(7)5(2)3;1-3-4-2/h5H,4H2,1-3H3;3H,1,4H2,2H3. The van der Waals surface area contributed by atoms with Gasteiger partial charge in [0.15, 0.2) is 0 Å². The summed E-state index contributed by atoms with van der Waals surface area (Å²) in [6.45, 7) is 11.5.